The van der Waals surface area contributed by atoms with Gasteiger partial charge < -0.3 is 10.2 Å². The fraction of sp³-hybridized carbons (Fsp3) is 0.304. The van der Waals surface area contributed by atoms with Gasteiger partial charge >= 0.3 is 0 Å². The highest BCUT2D eigenvalue weighted by Crippen LogP contribution is 2.34. The molecular formula is C23H28N4O4S2. The van der Waals surface area contributed by atoms with Gasteiger partial charge in [0, 0.05) is 37.8 Å². The third-order valence-electron chi connectivity index (χ3n) is 5.81. The molecule has 0 aromatic heterocycles. The van der Waals surface area contributed by atoms with Gasteiger partial charge in [-0.3, -0.25) is 9.03 Å². The number of fused-ring (bicyclic) bond motifs is 1. The van der Waals surface area contributed by atoms with Crippen molar-refractivity contribution in [2.75, 3.05) is 53.4 Å². The van der Waals surface area contributed by atoms with Gasteiger partial charge in [-0.2, -0.15) is 0 Å². The van der Waals surface area contributed by atoms with Gasteiger partial charge in [-0.25, -0.2) is 16.8 Å². The summed E-state index contributed by atoms with van der Waals surface area (Å²) in [4.78, 5) is 2.30. The quantitative estimate of drug-likeness (QED) is 0.554. The Balaban J connectivity index is 1.77. The first-order valence-electron chi connectivity index (χ1n) is 10.7. The van der Waals surface area contributed by atoms with E-state index < -0.39 is 20.0 Å². The topological polar surface area (TPSA) is 98.8 Å². The van der Waals surface area contributed by atoms with Crippen molar-refractivity contribution >= 4 is 47.9 Å². The zero-order valence-corrected chi connectivity index (χ0v) is 20.3. The molecule has 0 aliphatic carbocycles. The lowest BCUT2D eigenvalue weighted by atomic mass is 10.1. The Kier molecular flexibility index (Phi) is 6.51. The molecule has 1 fully saturated rings. The normalized spacial score (nSPS) is 15.3. The van der Waals surface area contributed by atoms with Gasteiger partial charge in [-0.05, 0) is 42.6 Å². The van der Waals surface area contributed by atoms with Gasteiger partial charge in [-0.1, -0.05) is 36.4 Å². The molecule has 0 unspecified atom stereocenters. The van der Waals surface area contributed by atoms with Crippen LogP contribution in [0.15, 0.2) is 65.6 Å². The molecule has 0 radical (unpaired) electrons. The maximum atomic E-state index is 13.4. The second-order valence-electron chi connectivity index (χ2n) is 8.11. The van der Waals surface area contributed by atoms with E-state index in [1.54, 1.807) is 36.4 Å². The average molecular weight is 489 g/mol. The van der Waals surface area contributed by atoms with Gasteiger partial charge in [0.25, 0.3) is 10.0 Å². The predicted molar refractivity (Wildman–Crippen MR) is 134 cm³/mol. The molecule has 1 heterocycles. The summed E-state index contributed by atoms with van der Waals surface area (Å²) >= 11 is 0. The molecule has 176 valence electrons. The van der Waals surface area contributed by atoms with Crippen LogP contribution < -0.4 is 19.2 Å². The molecule has 10 heteroatoms. The molecule has 3 aromatic rings. The lowest BCUT2D eigenvalue weighted by Gasteiger charge is -2.26. The molecule has 0 bridgehead atoms. The van der Waals surface area contributed by atoms with Crippen molar-refractivity contribution in [2.24, 2.45) is 0 Å². The number of anilines is 3. The third kappa shape index (κ3) is 5.07. The van der Waals surface area contributed by atoms with Crippen molar-refractivity contribution in [3.63, 3.8) is 0 Å². The van der Waals surface area contributed by atoms with E-state index >= 15 is 0 Å². The molecule has 8 nitrogen and oxygen atoms in total. The van der Waals surface area contributed by atoms with Crippen molar-refractivity contribution in [3.8, 4) is 0 Å². The van der Waals surface area contributed by atoms with E-state index in [4.69, 9.17) is 0 Å². The van der Waals surface area contributed by atoms with Gasteiger partial charge in [0.05, 0.1) is 22.5 Å². The first-order valence-corrected chi connectivity index (χ1v) is 14.0. The fourth-order valence-electron chi connectivity index (χ4n) is 3.98. The van der Waals surface area contributed by atoms with E-state index in [0.717, 1.165) is 54.2 Å². The van der Waals surface area contributed by atoms with Gasteiger partial charge in [0.15, 0.2) is 0 Å². The van der Waals surface area contributed by atoms with Crippen LogP contribution in [0, 0.1) is 0 Å². The molecule has 0 saturated carbocycles. The lowest BCUT2D eigenvalue weighted by Crippen LogP contribution is -2.29. The van der Waals surface area contributed by atoms with Crippen LogP contribution in [0.4, 0.5) is 17.1 Å². The van der Waals surface area contributed by atoms with Crippen LogP contribution in [-0.2, 0) is 20.0 Å². The average Bonchev–Trinajstić information content (AvgIpc) is 3.07. The van der Waals surface area contributed by atoms with Gasteiger partial charge in [-0.15, -0.1) is 0 Å². The number of hydrogen-bond acceptors (Lipinski definition) is 6. The van der Waals surface area contributed by atoms with Crippen molar-refractivity contribution < 1.29 is 16.8 Å². The molecule has 1 saturated heterocycles. The van der Waals surface area contributed by atoms with E-state index in [2.05, 4.69) is 14.9 Å². The van der Waals surface area contributed by atoms with Gasteiger partial charge in [0.1, 0.15) is 0 Å². The number of sulfonamides is 2. The zero-order valence-electron chi connectivity index (χ0n) is 18.7. The summed E-state index contributed by atoms with van der Waals surface area (Å²) < 4.78 is 55.2. The second kappa shape index (κ2) is 9.20. The Morgan fingerprint density at radius 3 is 2.48 bits per heavy atom. The third-order valence-corrected chi connectivity index (χ3v) is 8.42. The van der Waals surface area contributed by atoms with Crippen LogP contribution in [0.1, 0.15) is 6.42 Å². The van der Waals surface area contributed by atoms with Gasteiger partial charge in [0.2, 0.25) is 10.0 Å². The minimum atomic E-state index is -3.98. The standard InChI is InChI=1S/C23H28N4O4S2/c1-26(32(2,28)29)22-17-19(27-15-6-13-24-14-16-27)11-12-21(22)25-33(30,31)23-10-5-8-18-7-3-4-9-20(18)23/h3-5,7-12,17,24-25H,6,13-16H2,1-2H3. The number of rotatable bonds is 6. The van der Waals surface area contributed by atoms with Crippen LogP contribution in [0.3, 0.4) is 0 Å². The fourth-order valence-corrected chi connectivity index (χ4v) is 5.79. The van der Waals surface area contributed by atoms with E-state index in [-0.39, 0.29) is 16.3 Å². The largest absolute Gasteiger partial charge is 0.370 e. The summed E-state index contributed by atoms with van der Waals surface area (Å²) in [5.41, 5.74) is 1.32. The first-order chi connectivity index (χ1) is 15.7. The predicted octanol–water partition coefficient (Wildman–Crippen LogP) is 2.84. The molecule has 1 aliphatic rings. The van der Waals surface area contributed by atoms with E-state index in [1.165, 1.54) is 7.05 Å². The van der Waals surface area contributed by atoms with Crippen LogP contribution >= 0.6 is 0 Å². The Labute approximate surface area is 195 Å². The van der Waals surface area contributed by atoms with Crippen LogP contribution in [-0.4, -0.2) is 56.3 Å². The summed E-state index contributed by atoms with van der Waals surface area (Å²) in [5, 5.41) is 4.75. The van der Waals surface area contributed by atoms with Crippen LogP contribution in [0.5, 0.6) is 0 Å². The minimum Gasteiger partial charge on any atom is -0.370 e. The summed E-state index contributed by atoms with van der Waals surface area (Å²) in [7, 11) is -6.18. The van der Waals surface area contributed by atoms with Crippen LogP contribution in [0.2, 0.25) is 0 Å². The first kappa shape index (κ1) is 23.3. The summed E-state index contributed by atoms with van der Waals surface area (Å²) in [6.07, 6.45) is 2.06. The van der Waals surface area contributed by atoms with E-state index in [9.17, 15) is 16.8 Å². The minimum absolute atomic E-state index is 0.135. The maximum absolute atomic E-state index is 13.4. The molecule has 4 rings (SSSR count). The number of benzene rings is 3. The number of hydrogen-bond donors (Lipinski definition) is 2. The molecule has 2 N–H and O–H groups in total. The Bertz CT molecular complexity index is 1360. The molecule has 0 amide bonds. The zero-order chi connectivity index (χ0) is 23.6. The highest BCUT2D eigenvalue weighted by Gasteiger charge is 2.23. The highest BCUT2D eigenvalue weighted by atomic mass is 32.2. The van der Waals surface area contributed by atoms with E-state index in [1.807, 2.05) is 24.3 Å². The molecule has 0 atom stereocenters. The molecule has 3 aromatic carbocycles. The lowest BCUT2D eigenvalue weighted by molar-refractivity contribution is 0.598. The van der Waals surface area contributed by atoms with Crippen molar-refractivity contribution in [2.45, 2.75) is 11.3 Å². The Hall–Kier alpha value is -2.82. The highest BCUT2D eigenvalue weighted by molar-refractivity contribution is 7.93. The van der Waals surface area contributed by atoms with Crippen molar-refractivity contribution in [3.05, 3.63) is 60.7 Å². The molecule has 1 aliphatic heterocycles. The smallest absolute Gasteiger partial charge is 0.262 e. The Morgan fingerprint density at radius 2 is 1.70 bits per heavy atom. The monoisotopic (exact) mass is 488 g/mol. The summed E-state index contributed by atoms with van der Waals surface area (Å²) in [6, 6.07) is 17.5. The molecule has 33 heavy (non-hydrogen) atoms. The summed E-state index contributed by atoms with van der Waals surface area (Å²) in [5.74, 6) is 0. The molecular weight excluding hydrogens is 460 g/mol. The Morgan fingerprint density at radius 1 is 0.939 bits per heavy atom. The van der Waals surface area contributed by atoms with Crippen LogP contribution in [0.25, 0.3) is 10.8 Å². The second-order valence-corrected chi connectivity index (χ2v) is 11.8. The summed E-state index contributed by atoms with van der Waals surface area (Å²) in [6.45, 7) is 3.36. The molecule has 0 spiro atoms. The number of nitrogens with zero attached hydrogens (tertiary/aromatic N) is 2. The SMILES string of the molecule is CN(c1cc(N2CCCNCC2)ccc1NS(=O)(=O)c1cccc2ccccc12)S(C)(=O)=O. The number of nitrogens with one attached hydrogen (secondary N) is 2. The van der Waals surface area contributed by atoms with Crippen molar-refractivity contribution in [1.29, 1.82) is 0 Å². The van der Waals surface area contributed by atoms with Crippen molar-refractivity contribution in [1.82, 2.24) is 5.32 Å². The maximum Gasteiger partial charge on any atom is 0.262 e. The van der Waals surface area contributed by atoms with E-state index in [0.29, 0.717) is 5.39 Å².